The molecule has 0 amide bonds. The number of carboxylic acid groups (broad SMARTS) is 2. The lowest BCUT2D eigenvalue weighted by molar-refractivity contribution is -0.385. The highest BCUT2D eigenvalue weighted by Crippen LogP contribution is 2.40. The van der Waals surface area contributed by atoms with Crippen LogP contribution in [0.15, 0.2) is 46.2 Å². The zero-order valence-corrected chi connectivity index (χ0v) is 16.3. The van der Waals surface area contributed by atoms with E-state index in [1.54, 1.807) is 0 Å². The predicted molar refractivity (Wildman–Crippen MR) is 103 cm³/mol. The van der Waals surface area contributed by atoms with Gasteiger partial charge in [0.25, 0.3) is 11.4 Å². The summed E-state index contributed by atoms with van der Waals surface area (Å²) in [4.78, 5) is 43.1. The van der Waals surface area contributed by atoms with Crippen LogP contribution < -0.4 is 0 Å². The minimum absolute atomic E-state index is 0. The van der Waals surface area contributed by atoms with Gasteiger partial charge < -0.3 is 10.2 Å². The maximum absolute atomic E-state index is 11.1. The fraction of sp³-hybridized carbons (Fsp3) is 0. The van der Waals surface area contributed by atoms with Crippen molar-refractivity contribution in [2.24, 2.45) is 0 Å². The maximum Gasteiger partial charge on any atom is 0.342 e. The molecule has 0 aromatic heterocycles. The van der Waals surface area contributed by atoms with E-state index in [0.717, 1.165) is 45.9 Å². The van der Waals surface area contributed by atoms with Gasteiger partial charge in [-0.05, 0) is 24.3 Å². The average Bonchev–Trinajstić information content (AvgIpc) is 2.59. The number of hydrogen-bond acceptors (Lipinski definition) is 8. The predicted octanol–water partition coefficient (Wildman–Crippen LogP) is 3.76. The van der Waals surface area contributed by atoms with Gasteiger partial charge in [-0.1, -0.05) is 21.6 Å². The number of nitrogens with zero attached hydrogens (tertiary/aromatic N) is 2. The van der Waals surface area contributed by atoms with Gasteiger partial charge in [-0.15, -0.1) is 0 Å². The van der Waals surface area contributed by atoms with Crippen LogP contribution in [0.4, 0.5) is 11.4 Å². The third-order valence-electron chi connectivity index (χ3n) is 3.02. The SMILES string of the molecule is O=C(O)c1cc(SSc2ccc([N+](=O)[O-])c(C(=O)O)c2)ccc1[N+](=O)[O-].P. The molecule has 2 N–H and O–H groups in total. The van der Waals surface area contributed by atoms with Crippen molar-refractivity contribution in [3.8, 4) is 0 Å². The van der Waals surface area contributed by atoms with Crippen molar-refractivity contribution in [2.75, 3.05) is 0 Å². The smallest absolute Gasteiger partial charge is 0.342 e. The Morgan fingerprint density at radius 2 is 1.11 bits per heavy atom. The molecule has 10 nitrogen and oxygen atoms in total. The van der Waals surface area contributed by atoms with Crippen molar-refractivity contribution in [2.45, 2.75) is 9.79 Å². The summed E-state index contributed by atoms with van der Waals surface area (Å²) < 4.78 is 0. The van der Waals surface area contributed by atoms with E-state index in [2.05, 4.69) is 0 Å². The van der Waals surface area contributed by atoms with Crippen LogP contribution in [-0.2, 0) is 0 Å². The second-order valence-corrected chi connectivity index (χ2v) is 6.93. The quantitative estimate of drug-likeness (QED) is 0.286. The molecule has 2 rings (SSSR count). The van der Waals surface area contributed by atoms with E-state index < -0.39 is 44.3 Å². The fourth-order valence-electron chi connectivity index (χ4n) is 1.89. The lowest BCUT2D eigenvalue weighted by Crippen LogP contribution is -2.02. The highest BCUT2D eigenvalue weighted by molar-refractivity contribution is 8.76. The fourth-order valence-corrected chi connectivity index (χ4v) is 3.86. The first-order valence-corrected chi connectivity index (χ1v) is 8.73. The van der Waals surface area contributed by atoms with E-state index in [1.807, 2.05) is 0 Å². The van der Waals surface area contributed by atoms with E-state index in [0.29, 0.717) is 9.79 Å². The Bertz CT molecular complexity index is 862. The summed E-state index contributed by atoms with van der Waals surface area (Å²) in [5.41, 5.74) is -2.04. The Morgan fingerprint density at radius 1 is 0.778 bits per heavy atom. The summed E-state index contributed by atoms with van der Waals surface area (Å²) in [5.74, 6) is -2.90. The largest absolute Gasteiger partial charge is 0.477 e. The molecular formula is C14H11N2O8PS2. The molecule has 0 bridgehead atoms. The van der Waals surface area contributed by atoms with Crippen molar-refractivity contribution in [3.63, 3.8) is 0 Å². The van der Waals surface area contributed by atoms with Crippen LogP contribution in [0.25, 0.3) is 0 Å². The molecule has 0 spiro atoms. The normalized spacial score (nSPS) is 9.93. The van der Waals surface area contributed by atoms with Gasteiger partial charge in [-0.2, -0.15) is 9.90 Å². The van der Waals surface area contributed by atoms with Crippen LogP contribution in [0.2, 0.25) is 0 Å². The second-order valence-electron chi connectivity index (χ2n) is 4.65. The highest BCUT2D eigenvalue weighted by Gasteiger charge is 2.22. The van der Waals surface area contributed by atoms with Gasteiger partial charge in [0.2, 0.25) is 0 Å². The van der Waals surface area contributed by atoms with Gasteiger partial charge in [-0.25, -0.2) is 9.59 Å². The van der Waals surface area contributed by atoms with E-state index >= 15 is 0 Å². The highest BCUT2D eigenvalue weighted by atomic mass is 33.1. The van der Waals surface area contributed by atoms with Gasteiger partial charge in [0.05, 0.1) is 9.85 Å². The van der Waals surface area contributed by atoms with E-state index in [1.165, 1.54) is 12.1 Å². The first-order chi connectivity index (χ1) is 12.2. The summed E-state index contributed by atoms with van der Waals surface area (Å²) in [6.07, 6.45) is 0. The molecule has 1 atom stereocenters. The van der Waals surface area contributed by atoms with E-state index in [4.69, 9.17) is 10.2 Å². The maximum atomic E-state index is 11.1. The molecule has 0 fully saturated rings. The molecule has 0 saturated carbocycles. The number of carbonyl (C=O) groups is 2. The molecule has 0 heterocycles. The molecule has 0 radical (unpaired) electrons. The Morgan fingerprint density at radius 3 is 1.37 bits per heavy atom. The third-order valence-corrected chi connectivity index (χ3v) is 5.41. The topological polar surface area (TPSA) is 161 Å². The molecule has 0 aliphatic rings. The summed E-state index contributed by atoms with van der Waals surface area (Å²) in [6, 6.07) is 7.08. The third kappa shape index (κ3) is 5.39. The summed E-state index contributed by atoms with van der Waals surface area (Å²) in [5, 5.41) is 39.8. The number of benzene rings is 2. The van der Waals surface area contributed by atoms with Gasteiger partial charge in [0.15, 0.2) is 0 Å². The minimum atomic E-state index is -1.45. The Labute approximate surface area is 162 Å². The van der Waals surface area contributed by atoms with Crippen molar-refractivity contribution in [3.05, 3.63) is 67.8 Å². The minimum Gasteiger partial charge on any atom is -0.477 e. The monoisotopic (exact) mass is 430 g/mol. The number of nitro benzene ring substituents is 2. The van der Waals surface area contributed by atoms with E-state index in [9.17, 15) is 29.8 Å². The van der Waals surface area contributed by atoms with Crippen LogP contribution >= 0.6 is 31.5 Å². The van der Waals surface area contributed by atoms with Crippen LogP contribution in [-0.4, -0.2) is 32.0 Å². The Balaban J connectivity index is 0.00000364. The molecule has 0 aliphatic carbocycles. The first kappa shape index (κ1) is 22.4. The van der Waals surface area contributed by atoms with Crippen molar-refractivity contribution in [1.29, 1.82) is 0 Å². The Hall–Kier alpha value is -2.69. The molecule has 0 aliphatic heterocycles. The summed E-state index contributed by atoms with van der Waals surface area (Å²) in [6.45, 7) is 0. The zero-order chi connectivity index (χ0) is 19.4. The number of aromatic carboxylic acids is 2. The van der Waals surface area contributed by atoms with Crippen LogP contribution in [0.1, 0.15) is 20.7 Å². The summed E-state index contributed by atoms with van der Waals surface area (Å²) in [7, 11) is 2.06. The van der Waals surface area contributed by atoms with Gasteiger partial charge >= 0.3 is 11.9 Å². The molecule has 27 heavy (non-hydrogen) atoms. The van der Waals surface area contributed by atoms with Crippen molar-refractivity contribution in [1.82, 2.24) is 0 Å². The lowest BCUT2D eigenvalue weighted by atomic mass is 10.2. The second kappa shape index (κ2) is 9.31. The molecular weight excluding hydrogens is 419 g/mol. The average molecular weight is 430 g/mol. The van der Waals surface area contributed by atoms with Crippen LogP contribution in [0.5, 0.6) is 0 Å². The molecule has 2 aromatic carbocycles. The number of rotatable bonds is 7. The molecule has 13 heteroatoms. The lowest BCUT2D eigenvalue weighted by Gasteiger charge is -2.05. The molecule has 0 saturated heterocycles. The van der Waals surface area contributed by atoms with Gasteiger partial charge in [0, 0.05) is 21.9 Å². The molecule has 1 unspecified atom stereocenters. The van der Waals surface area contributed by atoms with Crippen LogP contribution in [0, 0.1) is 20.2 Å². The molecule has 2 aromatic rings. The zero-order valence-electron chi connectivity index (χ0n) is 13.2. The van der Waals surface area contributed by atoms with Crippen LogP contribution in [0.3, 0.4) is 0 Å². The Kier molecular flexibility index (Phi) is 7.70. The van der Waals surface area contributed by atoms with Gasteiger partial charge in [-0.3, -0.25) is 20.2 Å². The summed E-state index contributed by atoms with van der Waals surface area (Å²) >= 11 is 0. The van der Waals surface area contributed by atoms with Crippen molar-refractivity contribution >= 4 is 54.8 Å². The molecule has 142 valence electrons. The van der Waals surface area contributed by atoms with E-state index in [-0.39, 0.29) is 9.90 Å². The van der Waals surface area contributed by atoms with Gasteiger partial charge in [0.1, 0.15) is 11.1 Å². The number of nitro groups is 2. The van der Waals surface area contributed by atoms with Crippen molar-refractivity contribution < 1.29 is 29.6 Å². The number of hydrogen-bond donors (Lipinski definition) is 2. The first-order valence-electron chi connectivity index (χ1n) is 6.58. The standard InChI is InChI=1S/C14H8N2O8S2.H3P/c17-13(18)9-5-7(1-3-11(9)15(21)22)25-26-8-2-4-12(16(23)24)10(6-8)14(19)20;/h1-6H,(H,17,18)(H,19,20);1H3. The number of carboxylic acids is 2.